The molecule has 0 aromatic rings. The van der Waals surface area contributed by atoms with Crippen LogP contribution in [0.2, 0.25) is 0 Å². The summed E-state index contributed by atoms with van der Waals surface area (Å²) in [4.78, 5) is 0. The molecule has 3 N–H and O–H groups in total. The van der Waals surface area contributed by atoms with Gasteiger partial charge in [0.1, 0.15) is 0 Å². The van der Waals surface area contributed by atoms with Crippen LogP contribution < -0.4 is 0 Å². The van der Waals surface area contributed by atoms with Gasteiger partial charge in [0.05, 0.1) is 0 Å². The standard InChI is InChI=1S/C6H13O3/c1-5(2-7)6(3-8)4-9/h5-9H,1-4H2. The van der Waals surface area contributed by atoms with Crippen LogP contribution in [0.3, 0.4) is 0 Å². The van der Waals surface area contributed by atoms with Crippen molar-refractivity contribution in [1.82, 2.24) is 0 Å². The molecular formula is C6H13O3. The van der Waals surface area contributed by atoms with Gasteiger partial charge in [-0.2, -0.15) is 0 Å². The largest absolute Gasteiger partial charge is 0.396 e. The van der Waals surface area contributed by atoms with Crippen molar-refractivity contribution in [2.75, 3.05) is 19.8 Å². The van der Waals surface area contributed by atoms with Crippen molar-refractivity contribution in [2.45, 2.75) is 0 Å². The summed E-state index contributed by atoms with van der Waals surface area (Å²) in [6, 6.07) is 0. The third-order valence-corrected chi connectivity index (χ3v) is 1.37. The minimum atomic E-state index is -0.282. The second kappa shape index (κ2) is 4.73. The third-order valence-electron chi connectivity index (χ3n) is 1.37. The van der Waals surface area contributed by atoms with Gasteiger partial charge in [-0.1, -0.05) is 0 Å². The van der Waals surface area contributed by atoms with Gasteiger partial charge in [0.15, 0.2) is 0 Å². The first-order valence-electron chi connectivity index (χ1n) is 2.92. The second-order valence-electron chi connectivity index (χ2n) is 2.07. The van der Waals surface area contributed by atoms with Gasteiger partial charge >= 0.3 is 0 Å². The number of rotatable bonds is 4. The fraction of sp³-hybridized carbons (Fsp3) is 0.833. The van der Waals surface area contributed by atoms with Crippen LogP contribution in [0.15, 0.2) is 0 Å². The molecule has 0 saturated heterocycles. The van der Waals surface area contributed by atoms with Gasteiger partial charge in [-0.3, -0.25) is 0 Å². The molecule has 3 nitrogen and oxygen atoms in total. The summed E-state index contributed by atoms with van der Waals surface area (Å²) in [5.41, 5.74) is 0. The van der Waals surface area contributed by atoms with Crippen molar-refractivity contribution >= 4 is 0 Å². The SMILES string of the molecule is [CH2]C(CO)C(CO)CO. The molecule has 1 radical (unpaired) electrons. The first kappa shape index (κ1) is 8.88. The zero-order valence-corrected chi connectivity index (χ0v) is 5.32. The maximum Gasteiger partial charge on any atom is 0.0484 e. The molecule has 0 aliphatic heterocycles. The zero-order chi connectivity index (χ0) is 7.28. The third kappa shape index (κ3) is 2.79. The maximum atomic E-state index is 8.52. The summed E-state index contributed by atoms with van der Waals surface area (Å²) >= 11 is 0. The molecule has 0 aliphatic rings. The molecule has 0 heterocycles. The lowest BCUT2D eigenvalue weighted by Crippen LogP contribution is -2.22. The quantitative estimate of drug-likeness (QED) is 0.462. The van der Waals surface area contributed by atoms with Crippen LogP contribution in [0.5, 0.6) is 0 Å². The van der Waals surface area contributed by atoms with Gasteiger partial charge in [-0.05, 0) is 12.8 Å². The Hall–Kier alpha value is -0.120. The van der Waals surface area contributed by atoms with Gasteiger partial charge in [0.2, 0.25) is 0 Å². The molecule has 1 atom stereocenters. The summed E-state index contributed by atoms with van der Waals surface area (Å²) in [6.45, 7) is 3.20. The predicted molar refractivity (Wildman–Crippen MR) is 33.6 cm³/mol. The van der Waals surface area contributed by atoms with E-state index in [0.717, 1.165) is 0 Å². The van der Waals surface area contributed by atoms with Gasteiger partial charge in [0.25, 0.3) is 0 Å². The van der Waals surface area contributed by atoms with Gasteiger partial charge in [0, 0.05) is 25.7 Å². The molecule has 0 amide bonds. The Bertz CT molecular complexity index is 61.3. The summed E-state index contributed by atoms with van der Waals surface area (Å²) in [5.74, 6) is -0.546. The van der Waals surface area contributed by atoms with Gasteiger partial charge in [-0.15, -0.1) is 0 Å². The van der Waals surface area contributed by atoms with E-state index in [-0.39, 0.29) is 31.7 Å². The van der Waals surface area contributed by atoms with Gasteiger partial charge in [-0.25, -0.2) is 0 Å². The minimum Gasteiger partial charge on any atom is -0.396 e. The normalized spacial score (nSPS) is 14.3. The van der Waals surface area contributed by atoms with E-state index in [1.807, 2.05) is 0 Å². The molecular weight excluding hydrogens is 120 g/mol. The molecule has 0 fully saturated rings. The van der Waals surface area contributed by atoms with E-state index < -0.39 is 0 Å². The minimum absolute atomic E-state index is 0.0915. The summed E-state index contributed by atoms with van der Waals surface area (Å²) in [7, 11) is 0. The van der Waals surface area contributed by atoms with E-state index in [9.17, 15) is 0 Å². The molecule has 0 rings (SSSR count). The average Bonchev–Trinajstić information content (AvgIpc) is 1.90. The van der Waals surface area contributed by atoms with Crippen LogP contribution in [0, 0.1) is 18.8 Å². The highest BCUT2D eigenvalue weighted by Gasteiger charge is 2.13. The predicted octanol–water partition coefficient (Wildman–Crippen LogP) is -0.970. The van der Waals surface area contributed by atoms with Crippen molar-refractivity contribution < 1.29 is 15.3 Å². The van der Waals surface area contributed by atoms with E-state index in [4.69, 9.17) is 15.3 Å². The fourth-order valence-corrected chi connectivity index (χ4v) is 0.505. The zero-order valence-electron chi connectivity index (χ0n) is 5.32. The monoisotopic (exact) mass is 133 g/mol. The van der Waals surface area contributed by atoms with Crippen LogP contribution >= 0.6 is 0 Å². The average molecular weight is 133 g/mol. The molecule has 0 aliphatic carbocycles. The second-order valence-corrected chi connectivity index (χ2v) is 2.07. The summed E-state index contributed by atoms with van der Waals surface area (Å²) < 4.78 is 0. The van der Waals surface area contributed by atoms with E-state index in [1.165, 1.54) is 0 Å². The molecule has 0 aromatic carbocycles. The van der Waals surface area contributed by atoms with Crippen LogP contribution in [-0.2, 0) is 0 Å². The van der Waals surface area contributed by atoms with Crippen molar-refractivity contribution in [3.63, 3.8) is 0 Å². The van der Waals surface area contributed by atoms with Gasteiger partial charge < -0.3 is 15.3 Å². The van der Waals surface area contributed by atoms with Crippen LogP contribution in [0.4, 0.5) is 0 Å². The van der Waals surface area contributed by atoms with Crippen molar-refractivity contribution in [3.8, 4) is 0 Å². The van der Waals surface area contributed by atoms with E-state index in [0.29, 0.717) is 0 Å². The number of aliphatic hydroxyl groups excluding tert-OH is 3. The number of aliphatic hydroxyl groups is 3. The smallest absolute Gasteiger partial charge is 0.0484 e. The van der Waals surface area contributed by atoms with E-state index >= 15 is 0 Å². The molecule has 55 valence electrons. The maximum absolute atomic E-state index is 8.52. The van der Waals surface area contributed by atoms with Crippen molar-refractivity contribution in [1.29, 1.82) is 0 Å². The Morgan fingerprint density at radius 2 is 1.44 bits per heavy atom. The van der Waals surface area contributed by atoms with Crippen LogP contribution in [0.25, 0.3) is 0 Å². The Kier molecular flexibility index (Phi) is 4.67. The summed E-state index contributed by atoms with van der Waals surface area (Å²) in [6.07, 6.45) is 0. The molecule has 1 unspecified atom stereocenters. The number of hydrogen-bond acceptors (Lipinski definition) is 3. The van der Waals surface area contributed by atoms with Crippen LogP contribution in [-0.4, -0.2) is 35.1 Å². The van der Waals surface area contributed by atoms with Crippen molar-refractivity contribution in [3.05, 3.63) is 6.92 Å². The summed E-state index contributed by atoms with van der Waals surface area (Å²) in [5, 5.41) is 25.5. The van der Waals surface area contributed by atoms with Crippen molar-refractivity contribution in [2.24, 2.45) is 11.8 Å². The number of hydrogen-bond donors (Lipinski definition) is 3. The lowest BCUT2D eigenvalue weighted by molar-refractivity contribution is 0.0922. The van der Waals surface area contributed by atoms with E-state index in [1.54, 1.807) is 0 Å². The Balaban J connectivity index is 3.50. The van der Waals surface area contributed by atoms with Crippen LogP contribution in [0.1, 0.15) is 0 Å². The van der Waals surface area contributed by atoms with E-state index in [2.05, 4.69) is 6.92 Å². The first-order valence-corrected chi connectivity index (χ1v) is 2.92. The Morgan fingerprint density at radius 3 is 1.56 bits per heavy atom. The Labute approximate surface area is 54.9 Å². The molecule has 3 heteroatoms. The molecule has 0 saturated carbocycles. The lowest BCUT2D eigenvalue weighted by atomic mass is 9.97. The highest BCUT2D eigenvalue weighted by Crippen LogP contribution is 2.07. The molecule has 0 spiro atoms. The highest BCUT2D eigenvalue weighted by atomic mass is 16.3. The lowest BCUT2D eigenvalue weighted by Gasteiger charge is -2.16. The fourth-order valence-electron chi connectivity index (χ4n) is 0.505. The molecule has 9 heavy (non-hydrogen) atoms. The first-order chi connectivity index (χ1) is 4.26. The molecule has 0 aromatic heterocycles. The Morgan fingerprint density at radius 1 is 1.00 bits per heavy atom. The highest BCUT2D eigenvalue weighted by molar-refractivity contribution is 4.68. The molecule has 0 bridgehead atoms. The topological polar surface area (TPSA) is 60.7 Å².